The van der Waals surface area contributed by atoms with Gasteiger partial charge in [-0.15, -0.1) is 11.3 Å². The molecule has 3 nitrogen and oxygen atoms in total. The van der Waals surface area contributed by atoms with E-state index < -0.39 is 0 Å². The summed E-state index contributed by atoms with van der Waals surface area (Å²) in [5, 5.41) is 2.08. The first kappa shape index (κ1) is 14.0. The molecule has 0 unspecified atom stereocenters. The van der Waals surface area contributed by atoms with Gasteiger partial charge in [-0.3, -0.25) is 0 Å². The fourth-order valence-electron chi connectivity index (χ4n) is 2.64. The molecule has 0 fully saturated rings. The van der Waals surface area contributed by atoms with Gasteiger partial charge in [0.1, 0.15) is 12.1 Å². The highest BCUT2D eigenvalue weighted by atomic mass is 32.1. The summed E-state index contributed by atoms with van der Waals surface area (Å²) < 4.78 is 1.17. The van der Waals surface area contributed by atoms with Crippen molar-refractivity contribution in [1.29, 1.82) is 0 Å². The molecule has 21 heavy (non-hydrogen) atoms. The molecule has 0 spiro atoms. The Balaban J connectivity index is 1.88. The van der Waals surface area contributed by atoms with Gasteiger partial charge in [-0.25, -0.2) is 9.97 Å². The highest BCUT2D eigenvalue weighted by Crippen LogP contribution is 2.29. The van der Waals surface area contributed by atoms with E-state index in [4.69, 9.17) is 0 Å². The Morgan fingerprint density at radius 3 is 2.71 bits per heavy atom. The molecule has 3 rings (SSSR count). The number of hydrogen-bond acceptors (Lipinski definition) is 4. The van der Waals surface area contributed by atoms with Crippen molar-refractivity contribution in [2.45, 2.75) is 25.8 Å². The van der Waals surface area contributed by atoms with Crippen molar-refractivity contribution in [3.8, 4) is 0 Å². The average Bonchev–Trinajstić information content (AvgIpc) is 3.01. The minimum Gasteiger partial charge on any atom is -0.355 e. The second kappa shape index (κ2) is 6.22. The topological polar surface area (TPSA) is 29.0 Å². The molecule has 0 N–H and O–H groups in total. The standard InChI is InChI=1S/C17H19N3S/c1-3-14(11-13-7-5-4-6-8-13)20(2)17-16-15(9-10-21-16)18-12-19-17/h4-10,12,14H,3,11H2,1-2H3/t14-/m1/s1. The Morgan fingerprint density at radius 2 is 1.95 bits per heavy atom. The maximum atomic E-state index is 4.51. The monoisotopic (exact) mass is 297 g/mol. The van der Waals surface area contributed by atoms with Gasteiger partial charge in [-0.05, 0) is 29.9 Å². The predicted octanol–water partition coefficient (Wildman–Crippen LogP) is 4.15. The molecule has 0 aliphatic carbocycles. The van der Waals surface area contributed by atoms with Crippen molar-refractivity contribution in [2.75, 3.05) is 11.9 Å². The van der Waals surface area contributed by atoms with Crippen LogP contribution < -0.4 is 4.90 Å². The van der Waals surface area contributed by atoms with Gasteiger partial charge < -0.3 is 4.90 Å². The predicted molar refractivity (Wildman–Crippen MR) is 90.0 cm³/mol. The van der Waals surface area contributed by atoms with E-state index in [0.29, 0.717) is 6.04 Å². The van der Waals surface area contributed by atoms with Gasteiger partial charge in [0, 0.05) is 13.1 Å². The molecule has 2 aromatic heterocycles. The lowest BCUT2D eigenvalue weighted by molar-refractivity contribution is 0.602. The second-order valence-electron chi connectivity index (χ2n) is 5.19. The minimum absolute atomic E-state index is 0.438. The van der Waals surface area contributed by atoms with E-state index in [1.54, 1.807) is 17.7 Å². The molecule has 0 amide bonds. The summed E-state index contributed by atoms with van der Waals surface area (Å²) in [7, 11) is 2.14. The van der Waals surface area contributed by atoms with Crippen molar-refractivity contribution >= 4 is 27.4 Å². The number of hydrogen-bond donors (Lipinski definition) is 0. The van der Waals surface area contributed by atoms with Gasteiger partial charge in [-0.1, -0.05) is 37.3 Å². The van der Waals surface area contributed by atoms with E-state index in [1.165, 1.54) is 10.3 Å². The van der Waals surface area contributed by atoms with Crippen molar-refractivity contribution < 1.29 is 0 Å². The first-order chi connectivity index (χ1) is 10.3. The van der Waals surface area contributed by atoms with Crippen LogP contribution in [-0.4, -0.2) is 23.1 Å². The summed E-state index contributed by atoms with van der Waals surface area (Å²) >= 11 is 1.71. The molecule has 108 valence electrons. The number of aromatic nitrogens is 2. The first-order valence-electron chi connectivity index (χ1n) is 7.24. The van der Waals surface area contributed by atoms with Gasteiger partial charge in [0.15, 0.2) is 0 Å². The maximum absolute atomic E-state index is 4.51. The zero-order valence-electron chi connectivity index (χ0n) is 12.4. The Kier molecular flexibility index (Phi) is 4.15. The Morgan fingerprint density at radius 1 is 1.14 bits per heavy atom. The second-order valence-corrected chi connectivity index (χ2v) is 6.11. The SMILES string of the molecule is CC[C@H](Cc1ccccc1)N(C)c1ncnc2ccsc12. The van der Waals surface area contributed by atoms with E-state index in [0.717, 1.165) is 24.2 Å². The third-order valence-electron chi connectivity index (χ3n) is 3.89. The molecule has 2 heterocycles. The molecule has 1 atom stereocenters. The number of nitrogens with zero attached hydrogens (tertiary/aromatic N) is 3. The molecule has 0 aliphatic rings. The third-order valence-corrected chi connectivity index (χ3v) is 4.79. The minimum atomic E-state index is 0.438. The van der Waals surface area contributed by atoms with Crippen LogP contribution in [-0.2, 0) is 6.42 Å². The number of anilines is 1. The van der Waals surface area contributed by atoms with E-state index in [2.05, 4.69) is 70.6 Å². The lowest BCUT2D eigenvalue weighted by atomic mass is 10.0. The molecule has 0 saturated heterocycles. The van der Waals surface area contributed by atoms with Crippen LogP contribution in [0.1, 0.15) is 18.9 Å². The summed E-state index contributed by atoms with van der Waals surface area (Å²) in [4.78, 5) is 11.1. The summed E-state index contributed by atoms with van der Waals surface area (Å²) in [6.45, 7) is 2.23. The van der Waals surface area contributed by atoms with Gasteiger partial charge in [0.05, 0.1) is 10.2 Å². The third kappa shape index (κ3) is 2.90. The van der Waals surface area contributed by atoms with Gasteiger partial charge in [-0.2, -0.15) is 0 Å². The van der Waals surface area contributed by atoms with Crippen LogP contribution in [0, 0.1) is 0 Å². The smallest absolute Gasteiger partial charge is 0.150 e. The molecular formula is C17H19N3S. The lowest BCUT2D eigenvalue weighted by Gasteiger charge is -2.28. The normalized spacial score (nSPS) is 12.5. The van der Waals surface area contributed by atoms with Gasteiger partial charge in [0.2, 0.25) is 0 Å². The number of thiophene rings is 1. The molecular weight excluding hydrogens is 278 g/mol. The lowest BCUT2D eigenvalue weighted by Crippen LogP contribution is -2.33. The molecule has 4 heteroatoms. The van der Waals surface area contributed by atoms with Crippen molar-refractivity contribution in [1.82, 2.24) is 9.97 Å². The van der Waals surface area contributed by atoms with Crippen LogP contribution in [0.5, 0.6) is 0 Å². The first-order valence-corrected chi connectivity index (χ1v) is 8.12. The number of fused-ring (bicyclic) bond motifs is 1. The highest BCUT2D eigenvalue weighted by Gasteiger charge is 2.18. The zero-order valence-corrected chi connectivity index (χ0v) is 13.2. The summed E-state index contributed by atoms with van der Waals surface area (Å²) in [6, 6.07) is 13.1. The average molecular weight is 297 g/mol. The largest absolute Gasteiger partial charge is 0.355 e. The Labute approximate surface area is 129 Å². The summed E-state index contributed by atoms with van der Waals surface area (Å²) in [5.41, 5.74) is 2.40. The Hall–Kier alpha value is -1.94. The van der Waals surface area contributed by atoms with Crippen LogP contribution in [0.3, 0.4) is 0 Å². The van der Waals surface area contributed by atoms with Gasteiger partial charge >= 0.3 is 0 Å². The highest BCUT2D eigenvalue weighted by molar-refractivity contribution is 7.17. The molecule has 1 aromatic carbocycles. The van der Waals surface area contributed by atoms with Crippen LogP contribution >= 0.6 is 11.3 Å². The fourth-order valence-corrected chi connectivity index (χ4v) is 3.52. The van der Waals surface area contributed by atoms with E-state index in [9.17, 15) is 0 Å². The van der Waals surface area contributed by atoms with E-state index in [1.807, 2.05) is 0 Å². The number of benzene rings is 1. The van der Waals surface area contributed by atoms with Crippen LogP contribution in [0.15, 0.2) is 48.1 Å². The number of likely N-dealkylation sites (N-methyl/N-ethyl adjacent to an activating group) is 1. The molecule has 3 aromatic rings. The van der Waals surface area contributed by atoms with Crippen molar-refractivity contribution in [3.05, 3.63) is 53.7 Å². The van der Waals surface area contributed by atoms with Crippen LogP contribution in [0.4, 0.5) is 5.82 Å². The quantitative estimate of drug-likeness (QED) is 0.708. The summed E-state index contributed by atoms with van der Waals surface area (Å²) in [5.74, 6) is 1.04. The summed E-state index contributed by atoms with van der Waals surface area (Å²) in [6.07, 6.45) is 3.78. The molecule has 0 aliphatic heterocycles. The zero-order chi connectivity index (χ0) is 14.7. The number of rotatable bonds is 5. The molecule has 0 saturated carbocycles. The van der Waals surface area contributed by atoms with Crippen molar-refractivity contribution in [2.24, 2.45) is 0 Å². The van der Waals surface area contributed by atoms with Gasteiger partial charge in [0.25, 0.3) is 0 Å². The van der Waals surface area contributed by atoms with Crippen LogP contribution in [0.25, 0.3) is 10.2 Å². The Bertz CT molecular complexity index is 708. The van der Waals surface area contributed by atoms with E-state index in [-0.39, 0.29) is 0 Å². The fraction of sp³-hybridized carbons (Fsp3) is 0.294. The molecule has 0 bridgehead atoms. The maximum Gasteiger partial charge on any atom is 0.150 e. The molecule has 0 radical (unpaired) electrons. The van der Waals surface area contributed by atoms with E-state index >= 15 is 0 Å². The van der Waals surface area contributed by atoms with Crippen molar-refractivity contribution in [3.63, 3.8) is 0 Å². The van der Waals surface area contributed by atoms with Crippen LogP contribution in [0.2, 0.25) is 0 Å².